The van der Waals surface area contributed by atoms with Crippen molar-refractivity contribution in [1.82, 2.24) is 14.5 Å². The Hall–Kier alpha value is -1.87. The van der Waals surface area contributed by atoms with Crippen molar-refractivity contribution < 1.29 is 0 Å². The molecule has 2 aromatic heterocycles. The number of hydrogen-bond donors (Lipinski definition) is 0. The molecule has 0 N–H and O–H groups in total. The summed E-state index contributed by atoms with van der Waals surface area (Å²) in [7, 11) is 0. The zero-order chi connectivity index (χ0) is 19.7. The van der Waals surface area contributed by atoms with Crippen LogP contribution in [0.15, 0.2) is 48.9 Å². The molecule has 4 heteroatoms. The summed E-state index contributed by atoms with van der Waals surface area (Å²) in [4.78, 5) is 8.65. The first-order valence-corrected chi connectivity index (χ1v) is 11.0. The van der Waals surface area contributed by atoms with E-state index in [1.807, 2.05) is 13.8 Å². The van der Waals surface area contributed by atoms with Gasteiger partial charge in [-0.1, -0.05) is 62.7 Å². The van der Waals surface area contributed by atoms with E-state index in [1.165, 1.54) is 37.7 Å². The van der Waals surface area contributed by atoms with Gasteiger partial charge in [-0.2, -0.15) is 0 Å². The average molecular weight is 396 g/mol. The molecule has 2 fully saturated rings. The molecule has 2 aliphatic carbocycles. The molecule has 0 aliphatic heterocycles. The maximum atomic E-state index is 6.26. The second-order valence-corrected chi connectivity index (χ2v) is 8.79. The summed E-state index contributed by atoms with van der Waals surface area (Å²) in [5, 5.41) is 1.52. The molecule has 1 spiro atoms. The molecule has 0 bridgehead atoms. The van der Waals surface area contributed by atoms with Gasteiger partial charge in [-0.3, -0.25) is 0 Å². The highest BCUT2D eigenvalue weighted by atomic mass is 35.5. The molecule has 2 aliphatic rings. The van der Waals surface area contributed by atoms with E-state index in [0.29, 0.717) is 22.5 Å². The van der Waals surface area contributed by atoms with Crippen LogP contribution < -0.4 is 0 Å². The van der Waals surface area contributed by atoms with Gasteiger partial charge in [0.05, 0.1) is 5.39 Å². The quantitative estimate of drug-likeness (QED) is 0.436. The van der Waals surface area contributed by atoms with E-state index in [2.05, 4.69) is 64.1 Å². The minimum Gasteiger partial charge on any atom is -0.329 e. The van der Waals surface area contributed by atoms with Crippen molar-refractivity contribution in [1.29, 1.82) is 0 Å². The highest BCUT2D eigenvalue weighted by molar-refractivity contribution is 6.33. The van der Waals surface area contributed by atoms with E-state index in [0.717, 1.165) is 17.0 Å². The van der Waals surface area contributed by atoms with E-state index in [9.17, 15) is 0 Å². The first-order chi connectivity index (χ1) is 13.7. The van der Waals surface area contributed by atoms with Gasteiger partial charge in [0.15, 0.2) is 0 Å². The summed E-state index contributed by atoms with van der Waals surface area (Å²) in [5.41, 5.74) is 2.99. The molecule has 148 valence electrons. The minimum absolute atomic E-state index is 0.484. The lowest BCUT2D eigenvalue weighted by molar-refractivity contribution is 0.288. The number of nitrogens with zero attached hydrogens (tertiary/aromatic N) is 3. The van der Waals surface area contributed by atoms with Crippen molar-refractivity contribution in [2.75, 3.05) is 0 Å². The third-order valence-electron chi connectivity index (χ3n) is 6.85. The third-order valence-corrected chi connectivity index (χ3v) is 7.15. The summed E-state index contributed by atoms with van der Waals surface area (Å²) in [6.07, 6.45) is 10.3. The van der Waals surface area contributed by atoms with Crippen LogP contribution in [0.4, 0.5) is 0 Å². The number of hydrogen-bond acceptors (Lipinski definition) is 2. The fourth-order valence-electron chi connectivity index (χ4n) is 5.72. The molecule has 2 heterocycles. The molecule has 28 heavy (non-hydrogen) atoms. The maximum absolute atomic E-state index is 6.26. The summed E-state index contributed by atoms with van der Waals surface area (Å²) in [6, 6.07) is 13.7. The Morgan fingerprint density at radius 3 is 2.61 bits per heavy atom. The van der Waals surface area contributed by atoms with Crippen molar-refractivity contribution in [3.05, 3.63) is 59.6 Å². The monoisotopic (exact) mass is 395 g/mol. The van der Waals surface area contributed by atoms with Crippen LogP contribution in [-0.2, 0) is 0 Å². The molecular formula is C24H30ClN3. The first kappa shape index (κ1) is 19.4. The number of aromatic nitrogens is 3. The van der Waals surface area contributed by atoms with Crippen LogP contribution in [0.2, 0.25) is 5.15 Å². The van der Waals surface area contributed by atoms with Gasteiger partial charge in [0, 0.05) is 12.2 Å². The highest BCUT2D eigenvalue weighted by Gasteiger charge is 2.48. The standard InChI is InChI=1S/C22H24ClN3.C2H6/c1-15-11-22(9-7-17(12-22)16-5-3-2-4-6-16)13-19(15)26-10-8-18-20(23)24-14-25-21(18)26;1-2/h2-6,8,10,14-15,17,19H,7,9,11-13H2,1H3;1-2H3. The Morgan fingerprint density at radius 1 is 1.04 bits per heavy atom. The van der Waals surface area contributed by atoms with E-state index < -0.39 is 0 Å². The Labute approximate surface area is 173 Å². The van der Waals surface area contributed by atoms with E-state index in [4.69, 9.17) is 11.6 Å². The molecule has 3 aromatic rings. The lowest BCUT2D eigenvalue weighted by Crippen LogP contribution is -2.14. The lowest BCUT2D eigenvalue weighted by atomic mass is 9.82. The normalized spacial score (nSPS) is 29.2. The molecule has 3 nitrogen and oxygen atoms in total. The molecule has 5 rings (SSSR count). The fraction of sp³-hybridized carbons (Fsp3) is 0.500. The molecule has 2 saturated carbocycles. The predicted octanol–water partition coefficient (Wildman–Crippen LogP) is 7.04. The van der Waals surface area contributed by atoms with Gasteiger partial charge in [0.1, 0.15) is 17.1 Å². The van der Waals surface area contributed by atoms with Crippen molar-refractivity contribution in [3.63, 3.8) is 0 Å². The molecule has 4 unspecified atom stereocenters. The molecule has 1 aromatic carbocycles. The van der Waals surface area contributed by atoms with Gasteiger partial charge in [0.25, 0.3) is 0 Å². The van der Waals surface area contributed by atoms with Crippen LogP contribution in [0, 0.1) is 11.3 Å². The number of fused-ring (bicyclic) bond motifs is 1. The van der Waals surface area contributed by atoms with Gasteiger partial charge >= 0.3 is 0 Å². The smallest absolute Gasteiger partial charge is 0.145 e. The largest absolute Gasteiger partial charge is 0.329 e. The summed E-state index contributed by atoms with van der Waals surface area (Å²) in [5.74, 6) is 1.38. The molecule has 0 radical (unpaired) electrons. The van der Waals surface area contributed by atoms with Crippen LogP contribution >= 0.6 is 11.6 Å². The van der Waals surface area contributed by atoms with E-state index >= 15 is 0 Å². The van der Waals surface area contributed by atoms with Gasteiger partial charge < -0.3 is 4.57 Å². The minimum atomic E-state index is 0.484. The van der Waals surface area contributed by atoms with Gasteiger partial charge in [0.2, 0.25) is 0 Å². The second kappa shape index (κ2) is 7.87. The zero-order valence-electron chi connectivity index (χ0n) is 17.1. The lowest BCUT2D eigenvalue weighted by Gasteiger charge is -2.24. The number of rotatable bonds is 2. The Balaban J connectivity index is 0.000000932. The molecule has 0 saturated heterocycles. The number of halogens is 1. The Bertz CT molecular complexity index is 935. The second-order valence-electron chi connectivity index (χ2n) is 8.43. The Kier molecular flexibility index (Phi) is 5.46. The molecule has 0 amide bonds. The third kappa shape index (κ3) is 3.34. The average Bonchev–Trinajstić information content (AvgIpc) is 3.42. The topological polar surface area (TPSA) is 30.7 Å². The molecule has 4 atom stereocenters. The molecular weight excluding hydrogens is 366 g/mol. The fourth-order valence-corrected chi connectivity index (χ4v) is 5.91. The van der Waals surface area contributed by atoms with Crippen LogP contribution in [0.5, 0.6) is 0 Å². The SMILES string of the molecule is CC.CC1CC2(CCC(c3ccccc3)C2)CC1n1ccc2c(Cl)ncnc21. The summed E-state index contributed by atoms with van der Waals surface area (Å²) in [6.45, 7) is 6.41. The Morgan fingerprint density at radius 2 is 1.82 bits per heavy atom. The highest BCUT2D eigenvalue weighted by Crippen LogP contribution is 2.60. The van der Waals surface area contributed by atoms with Crippen molar-refractivity contribution in [3.8, 4) is 0 Å². The van der Waals surface area contributed by atoms with Crippen LogP contribution in [-0.4, -0.2) is 14.5 Å². The van der Waals surface area contributed by atoms with Crippen molar-refractivity contribution in [2.45, 2.75) is 64.8 Å². The summed E-state index contributed by atoms with van der Waals surface area (Å²) >= 11 is 6.26. The van der Waals surface area contributed by atoms with E-state index in [1.54, 1.807) is 6.33 Å². The van der Waals surface area contributed by atoms with Crippen LogP contribution in [0.1, 0.15) is 70.4 Å². The van der Waals surface area contributed by atoms with Crippen LogP contribution in [0.25, 0.3) is 11.0 Å². The number of benzene rings is 1. The van der Waals surface area contributed by atoms with Gasteiger partial charge in [-0.15, -0.1) is 0 Å². The van der Waals surface area contributed by atoms with Crippen molar-refractivity contribution in [2.24, 2.45) is 11.3 Å². The van der Waals surface area contributed by atoms with Gasteiger partial charge in [-0.25, -0.2) is 9.97 Å². The van der Waals surface area contributed by atoms with Gasteiger partial charge in [-0.05, 0) is 61.0 Å². The van der Waals surface area contributed by atoms with Crippen LogP contribution in [0.3, 0.4) is 0 Å². The van der Waals surface area contributed by atoms with E-state index in [-0.39, 0.29) is 0 Å². The summed E-state index contributed by atoms with van der Waals surface area (Å²) < 4.78 is 2.36. The van der Waals surface area contributed by atoms with Crippen molar-refractivity contribution >= 4 is 22.6 Å². The first-order valence-electron chi connectivity index (χ1n) is 10.7. The predicted molar refractivity (Wildman–Crippen MR) is 117 cm³/mol. The zero-order valence-corrected chi connectivity index (χ0v) is 17.9. The maximum Gasteiger partial charge on any atom is 0.145 e.